The van der Waals surface area contributed by atoms with Crippen LogP contribution in [0.5, 0.6) is 0 Å². The van der Waals surface area contributed by atoms with Gasteiger partial charge in [0.05, 0.1) is 13.2 Å². The molecule has 3 rings (SSSR count). The second kappa shape index (κ2) is 9.87. The Hall–Kier alpha value is -2.67. The second-order valence-corrected chi connectivity index (χ2v) is 6.94. The number of carbonyl (C=O) groups excluding carboxylic acids is 1. The first-order chi connectivity index (χ1) is 13.3. The van der Waals surface area contributed by atoms with Gasteiger partial charge in [-0.15, -0.1) is 10.2 Å². The summed E-state index contributed by atoms with van der Waals surface area (Å²) < 4.78 is 7.07. The van der Waals surface area contributed by atoms with E-state index in [9.17, 15) is 4.79 Å². The van der Waals surface area contributed by atoms with Crippen molar-refractivity contribution in [3.8, 4) is 11.4 Å². The van der Waals surface area contributed by atoms with E-state index >= 15 is 0 Å². The Morgan fingerprint density at radius 1 is 1.15 bits per heavy atom. The first kappa shape index (κ1) is 19.1. The summed E-state index contributed by atoms with van der Waals surface area (Å²) in [7, 11) is 0. The summed E-state index contributed by atoms with van der Waals surface area (Å²) in [5.74, 6) is 1.42. The molecule has 0 bridgehead atoms. The third kappa shape index (κ3) is 5.40. The maximum Gasteiger partial charge on any atom is 0.305 e. The summed E-state index contributed by atoms with van der Waals surface area (Å²) in [6.07, 6.45) is 4.69. The molecule has 0 unspecified atom stereocenters. The monoisotopic (exact) mass is 382 g/mol. The van der Waals surface area contributed by atoms with Gasteiger partial charge in [0.1, 0.15) is 0 Å². The molecular weight excluding hydrogens is 360 g/mol. The molecular formula is C20H22N4O2S. The molecule has 0 aliphatic rings. The molecule has 0 aliphatic heterocycles. The van der Waals surface area contributed by atoms with Crippen molar-refractivity contribution in [3.05, 3.63) is 60.4 Å². The van der Waals surface area contributed by atoms with E-state index in [0.29, 0.717) is 19.6 Å². The molecule has 3 aromatic rings. The first-order valence-corrected chi connectivity index (χ1v) is 9.92. The van der Waals surface area contributed by atoms with Crippen LogP contribution in [0.1, 0.15) is 25.3 Å². The number of pyridine rings is 1. The largest absolute Gasteiger partial charge is 0.466 e. The Bertz CT molecular complexity index is 853. The highest BCUT2D eigenvalue weighted by Crippen LogP contribution is 2.25. The van der Waals surface area contributed by atoms with Gasteiger partial charge in [-0.1, -0.05) is 42.1 Å². The minimum Gasteiger partial charge on any atom is -0.466 e. The fourth-order valence-corrected chi connectivity index (χ4v) is 3.50. The number of nitrogens with zero attached hydrogens (tertiary/aromatic N) is 4. The normalized spacial score (nSPS) is 10.7. The molecule has 140 valence electrons. The predicted octanol–water partition coefficient (Wildman–Crippen LogP) is 3.82. The Balaban J connectivity index is 1.75. The highest BCUT2D eigenvalue weighted by Gasteiger charge is 2.15. The number of aromatic nitrogens is 4. The van der Waals surface area contributed by atoms with E-state index in [-0.39, 0.29) is 5.97 Å². The zero-order valence-corrected chi connectivity index (χ0v) is 16.1. The summed E-state index contributed by atoms with van der Waals surface area (Å²) in [6.45, 7) is 2.92. The number of rotatable bonds is 9. The molecule has 0 saturated carbocycles. The summed E-state index contributed by atoms with van der Waals surface area (Å²) in [4.78, 5) is 15.7. The van der Waals surface area contributed by atoms with Gasteiger partial charge in [-0.3, -0.25) is 14.3 Å². The van der Waals surface area contributed by atoms with Gasteiger partial charge in [0.15, 0.2) is 11.0 Å². The van der Waals surface area contributed by atoms with Crippen molar-refractivity contribution in [2.24, 2.45) is 0 Å². The van der Waals surface area contributed by atoms with E-state index in [0.717, 1.165) is 28.7 Å². The Morgan fingerprint density at radius 2 is 2.00 bits per heavy atom. The number of hydrogen-bond donors (Lipinski definition) is 0. The van der Waals surface area contributed by atoms with Gasteiger partial charge >= 0.3 is 5.97 Å². The summed E-state index contributed by atoms with van der Waals surface area (Å²) in [6, 6.07) is 14.1. The fraction of sp³-hybridized carbons (Fsp3) is 0.300. The van der Waals surface area contributed by atoms with Gasteiger partial charge < -0.3 is 4.74 Å². The van der Waals surface area contributed by atoms with E-state index in [1.54, 1.807) is 24.2 Å². The van der Waals surface area contributed by atoms with Crippen LogP contribution >= 0.6 is 11.8 Å². The lowest BCUT2D eigenvalue weighted by Gasteiger charge is -2.10. The van der Waals surface area contributed by atoms with Gasteiger partial charge in [0.2, 0.25) is 0 Å². The lowest BCUT2D eigenvalue weighted by molar-refractivity contribution is -0.143. The molecule has 0 aliphatic carbocycles. The van der Waals surface area contributed by atoms with E-state index in [2.05, 4.69) is 31.9 Å². The van der Waals surface area contributed by atoms with Gasteiger partial charge in [-0.25, -0.2) is 0 Å². The molecule has 0 radical (unpaired) electrons. The number of esters is 1. The molecule has 2 aromatic heterocycles. The topological polar surface area (TPSA) is 69.9 Å². The lowest BCUT2D eigenvalue weighted by atomic mass is 10.2. The van der Waals surface area contributed by atoms with Crippen LogP contribution in [0.3, 0.4) is 0 Å². The van der Waals surface area contributed by atoms with Crippen molar-refractivity contribution < 1.29 is 9.53 Å². The maximum absolute atomic E-state index is 11.5. The van der Waals surface area contributed by atoms with E-state index in [1.807, 2.05) is 37.3 Å². The summed E-state index contributed by atoms with van der Waals surface area (Å²) in [5, 5.41) is 9.59. The lowest BCUT2D eigenvalue weighted by Crippen LogP contribution is -2.05. The van der Waals surface area contributed by atoms with Gasteiger partial charge in [-0.2, -0.15) is 0 Å². The molecule has 0 spiro atoms. The second-order valence-electron chi connectivity index (χ2n) is 5.88. The predicted molar refractivity (Wildman–Crippen MR) is 105 cm³/mol. The van der Waals surface area contributed by atoms with Crippen molar-refractivity contribution in [1.29, 1.82) is 0 Å². The summed E-state index contributed by atoms with van der Waals surface area (Å²) >= 11 is 1.60. The fourth-order valence-electron chi connectivity index (χ4n) is 2.63. The van der Waals surface area contributed by atoms with E-state index in [1.165, 1.54) is 5.56 Å². The molecule has 6 nitrogen and oxygen atoms in total. The van der Waals surface area contributed by atoms with Crippen LogP contribution in [0.15, 0.2) is 60.0 Å². The van der Waals surface area contributed by atoms with Crippen molar-refractivity contribution in [2.45, 2.75) is 31.5 Å². The molecule has 1 aromatic carbocycles. The van der Waals surface area contributed by atoms with Gasteiger partial charge in [-0.05, 0) is 31.0 Å². The average molecular weight is 382 g/mol. The number of benzene rings is 1. The minimum absolute atomic E-state index is 0.153. The number of ether oxygens (including phenoxy) is 1. The zero-order chi connectivity index (χ0) is 18.9. The molecule has 0 N–H and O–H groups in total. The Morgan fingerprint density at radius 3 is 2.74 bits per heavy atom. The Labute approximate surface area is 163 Å². The number of hydrogen-bond acceptors (Lipinski definition) is 6. The molecule has 2 heterocycles. The van der Waals surface area contributed by atoms with Crippen molar-refractivity contribution in [1.82, 2.24) is 19.7 Å². The van der Waals surface area contributed by atoms with Gasteiger partial charge in [0, 0.05) is 30.1 Å². The zero-order valence-electron chi connectivity index (χ0n) is 15.2. The minimum atomic E-state index is -0.153. The van der Waals surface area contributed by atoms with Crippen LogP contribution in [-0.2, 0) is 16.1 Å². The molecule has 27 heavy (non-hydrogen) atoms. The van der Waals surface area contributed by atoms with Crippen LogP contribution in [0.25, 0.3) is 11.4 Å². The molecule has 7 heteroatoms. The third-order valence-corrected chi connectivity index (χ3v) is 4.93. The standard InChI is InChI=1S/C20H22N4O2S/c1-2-26-18(25)11-7-13-27-20-23-22-19(17-10-6-12-21-14-17)24(20)15-16-8-4-3-5-9-16/h3-6,8-10,12,14H,2,7,11,13,15H2,1H3. The molecule has 0 saturated heterocycles. The van der Waals surface area contributed by atoms with Crippen molar-refractivity contribution >= 4 is 17.7 Å². The van der Waals surface area contributed by atoms with Crippen LogP contribution in [0.4, 0.5) is 0 Å². The number of carbonyl (C=O) groups is 1. The number of thioether (sulfide) groups is 1. The van der Waals surface area contributed by atoms with Crippen molar-refractivity contribution in [3.63, 3.8) is 0 Å². The van der Waals surface area contributed by atoms with E-state index in [4.69, 9.17) is 4.74 Å². The maximum atomic E-state index is 11.5. The Kier molecular flexibility index (Phi) is 6.98. The van der Waals surface area contributed by atoms with Crippen LogP contribution < -0.4 is 0 Å². The van der Waals surface area contributed by atoms with Crippen LogP contribution in [-0.4, -0.2) is 38.1 Å². The molecule has 0 amide bonds. The average Bonchev–Trinajstić information content (AvgIpc) is 3.09. The van der Waals surface area contributed by atoms with Gasteiger partial charge in [0.25, 0.3) is 0 Å². The molecule has 0 fully saturated rings. The highest BCUT2D eigenvalue weighted by molar-refractivity contribution is 7.99. The quantitative estimate of drug-likeness (QED) is 0.318. The first-order valence-electron chi connectivity index (χ1n) is 8.94. The van der Waals surface area contributed by atoms with Crippen LogP contribution in [0, 0.1) is 0 Å². The smallest absolute Gasteiger partial charge is 0.305 e. The molecule has 0 atom stereocenters. The highest BCUT2D eigenvalue weighted by atomic mass is 32.2. The third-order valence-electron chi connectivity index (χ3n) is 3.88. The van der Waals surface area contributed by atoms with Crippen LogP contribution in [0.2, 0.25) is 0 Å². The SMILES string of the molecule is CCOC(=O)CCCSc1nnc(-c2cccnc2)n1Cc1ccccc1. The van der Waals surface area contributed by atoms with Crippen molar-refractivity contribution in [2.75, 3.05) is 12.4 Å². The van der Waals surface area contributed by atoms with E-state index < -0.39 is 0 Å². The summed E-state index contributed by atoms with van der Waals surface area (Å²) in [5.41, 5.74) is 2.11.